The van der Waals surface area contributed by atoms with Gasteiger partial charge >= 0.3 is 11.9 Å². The molecule has 0 saturated carbocycles. The monoisotopic (exact) mass is 681 g/mol. The van der Waals surface area contributed by atoms with Crippen LogP contribution in [0.1, 0.15) is 233 Å². The van der Waals surface area contributed by atoms with Gasteiger partial charge < -0.3 is 14.6 Å². The zero-order chi connectivity index (χ0) is 35.3. The SMILES string of the molecule is CC(C)CCCCCCCCCCCCCCCCCCC(=O)OC[C@H](O)COC(=O)CCCCCCCCCCCCCCC(C)C. The third-order valence-corrected chi connectivity index (χ3v) is 9.70. The molecular formula is C43H84O5. The Balaban J connectivity index is 3.37. The molecule has 0 bridgehead atoms. The number of unbranched alkanes of at least 4 members (excludes halogenated alkanes) is 26. The van der Waals surface area contributed by atoms with E-state index in [9.17, 15) is 14.7 Å². The van der Waals surface area contributed by atoms with Crippen molar-refractivity contribution in [3.63, 3.8) is 0 Å². The van der Waals surface area contributed by atoms with E-state index in [1.54, 1.807) is 0 Å². The lowest BCUT2D eigenvalue weighted by Crippen LogP contribution is -2.25. The molecule has 0 aromatic heterocycles. The Labute approximate surface area is 299 Å². The standard InChI is InChI=1S/C43H84O5/c1-39(2)33-29-25-21-17-13-9-7-5-6-8-10-15-19-23-27-31-35-42(45)47-37-41(44)38-48-43(46)36-32-28-24-20-16-12-11-14-18-22-26-30-34-40(3)4/h39-41,44H,5-38H2,1-4H3/t41-/m0/s1. The fourth-order valence-corrected chi connectivity index (χ4v) is 6.46. The Bertz CT molecular complexity index is 676. The summed E-state index contributed by atoms with van der Waals surface area (Å²) in [6, 6.07) is 0. The second kappa shape index (κ2) is 37.2. The number of carbonyl (C=O) groups excluding carboxylic acids is 2. The lowest BCUT2D eigenvalue weighted by Gasteiger charge is -2.12. The minimum atomic E-state index is -0.956. The third-order valence-electron chi connectivity index (χ3n) is 9.70. The van der Waals surface area contributed by atoms with Crippen molar-refractivity contribution in [3.8, 4) is 0 Å². The number of hydrogen-bond donors (Lipinski definition) is 1. The minimum Gasteiger partial charge on any atom is -0.463 e. The molecule has 5 heteroatoms. The van der Waals surface area contributed by atoms with Crippen LogP contribution in [-0.4, -0.2) is 36.4 Å². The van der Waals surface area contributed by atoms with E-state index >= 15 is 0 Å². The summed E-state index contributed by atoms with van der Waals surface area (Å²) in [6.45, 7) is 9.04. The first kappa shape index (κ1) is 46.9. The maximum atomic E-state index is 12.0. The highest BCUT2D eigenvalue weighted by Gasteiger charge is 2.12. The summed E-state index contributed by atoms with van der Waals surface area (Å²) in [5, 5.41) is 10.0. The fraction of sp³-hybridized carbons (Fsp3) is 0.953. The quantitative estimate of drug-likeness (QED) is 0.0519. The minimum absolute atomic E-state index is 0.108. The zero-order valence-electron chi connectivity index (χ0n) is 32.9. The van der Waals surface area contributed by atoms with Crippen LogP contribution < -0.4 is 0 Å². The predicted octanol–water partition coefficient (Wildman–Crippen LogP) is 13.2. The second-order valence-electron chi connectivity index (χ2n) is 15.8. The van der Waals surface area contributed by atoms with Crippen molar-refractivity contribution in [2.45, 2.75) is 239 Å². The molecule has 48 heavy (non-hydrogen) atoms. The van der Waals surface area contributed by atoms with E-state index in [1.807, 2.05) is 0 Å². The van der Waals surface area contributed by atoms with Crippen LogP contribution in [0, 0.1) is 11.8 Å². The lowest BCUT2D eigenvalue weighted by atomic mass is 10.0. The fourth-order valence-electron chi connectivity index (χ4n) is 6.46. The first-order valence-electron chi connectivity index (χ1n) is 21.3. The molecule has 0 aliphatic carbocycles. The first-order chi connectivity index (χ1) is 23.3. The van der Waals surface area contributed by atoms with Gasteiger partial charge in [-0.25, -0.2) is 0 Å². The van der Waals surface area contributed by atoms with Crippen LogP contribution in [0.15, 0.2) is 0 Å². The van der Waals surface area contributed by atoms with Crippen LogP contribution in [0.5, 0.6) is 0 Å². The van der Waals surface area contributed by atoms with Crippen LogP contribution in [-0.2, 0) is 19.1 Å². The van der Waals surface area contributed by atoms with Crippen molar-refractivity contribution >= 4 is 11.9 Å². The van der Waals surface area contributed by atoms with Gasteiger partial charge in [0.2, 0.25) is 0 Å². The smallest absolute Gasteiger partial charge is 0.305 e. The van der Waals surface area contributed by atoms with Crippen LogP contribution in [0.4, 0.5) is 0 Å². The van der Waals surface area contributed by atoms with Gasteiger partial charge in [0.05, 0.1) is 0 Å². The number of hydrogen-bond acceptors (Lipinski definition) is 5. The molecule has 1 atom stereocenters. The van der Waals surface area contributed by atoms with Gasteiger partial charge in [-0.3, -0.25) is 9.59 Å². The number of aliphatic hydroxyl groups is 1. The molecule has 0 spiro atoms. The number of carbonyl (C=O) groups is 2. The molecule has 0 rings (SSSR count). The summed E-state index contributed by atoms with van der Waals surface area (Å²) in [7, 11) is 0. The van der Waals surface area contributed by atoms with Gasteiger partial charge in [0.15, 0.2) is 0 Å². The maximum Gasteiger partial charge on any atom is 0.305 e. The van der Waals surface area contributed by atoms with Gasteiger partial charge in [0, 0.05) is 12.8 Å². The van der Waals surface area contributed by atoms with Crippen LogP contribution in [0.3, 0.4) is 0 Å². The van der Waals surface area contributed by atoms with Gasteiger partial charge in [0.25, 0.3) is 0 Å². The molecule has 0 fully saturated rings. The molecule has 0 aliphatic rings. The van der Waals surface area contributed by atoms with E-state index in [0.29, 0.717) is 12.8 Å². The number of ether oxygens (including phenoxy) is 2. The van der Waals surface area contributed by atoms with E-state index in [1.165, 1.54) is 167 Å². The number of aliphatic hydroxyl groups excluding tert-OH is 1. The van der Waals surface area contributed by atoms with E-state index < -0.39 is 6.10 Å². The summed E-state index contributed by atoms with van der Waals surface area (Å²) >= 11 is 0. The summed E-state index contributed by atoms with van der Waals surface area (Å²) in [6.07, 6.45) is 38.8. The number of rotatable bonds is 38. The normalized spacial score (nSPS) is 12.2. The molecule has 0 radical (unpaired) electrons. The molecule has 0 saturated heterocycles. The van der Waals surface area contributed by atoms with Crippen molar-refractivity contribution in [2.24, 2.45) is 11.8 Å². The summed E-state index contributed by atoms with van der Waals surface area (Å²) < 4.78 is 10.4. The molecule has 0 aliphatic heterocycles. The Morgan fingerprint density at radius 1 is 0.375 bits per heavy atom. The maximum absolute atomic E-state index is 12.0. The Morgan fingerprint density at radius 3 is 0.812 bits per heavy atom. The van der Waals surface area contributed by atoms with Crippen molar-refractivity contribution < 1.29 is 24.2 Å². The second-order valence-corrected chi connectivity index (χ2v) is 15.8. The van der Waals surface area contributed by atoms with E-state index in [0.717, 1.165) is 37.5 Å². The molecule has 286 valence electrons. The van der Waals surface area contributed by atoms with Crippen molar-refractivity contribution in [2.75, 3.05) is 13.2 Å². The third kappa shape index (κ3) is 39.3. The van der Waals surface area contributed by atoms with Crippen molar-refractivity contribution in [1.82, 2.24) is 0 Å². The molecule has 0 aromatic carbocycles. The van der Waals surface area contributed by atoms with E-state index in [2.05, 4.69) is 27.7 Å². The highest BCUT2D eigenvalue weighted by Crippen LogP contribution is 2.17. The van der Waals surface area contributed by atoms with Crippen LogP contribution >= 0.6 is 0 Å². The Morgan fingerprint density at radius 2 is 0.583 bits per heavy atom. The molecule has 5 nitrogen and oxygen atoms in total. The van der Waals surface area contributed by atoms with Gasteiger partial charge in [0.1, 0.15) is 19.3 Å². The largest absolute Gasteiger partial charge is 0.463 e. The molecule has 0 aromatic rings. The van der Waals surface area contributed by atoms with E-state index in [-0.39, 0.29) is 25.2 Å². The van der Waals surface area contributed by atoms with E-state index in [4.69, 9.17) is 9.47 Å². The van der Waals surface area contributed by atoms with Gasteiger partial charge in [-0.05, 0) is 24.7 Å². The highest BCUT2D eigenvalue weighted by molar-refractivity contribution is 5.69. The predicted molar refractivity (Wildman–Crippen MR) is 205 cm³/mol. The van der Waals surface area contributed by atoms with Crippen LogP contribution in [0.2, 0.25) is 0 Å². The van der Waals surface area contributed by atoms with Crippen LogP contribution in [0.25, 0.3) is 0 Å². The molecule has 0 unspecified atom stereocenters. The summed E-state index contributed by atoms with van der Waals surface area (Å²) in [5.74, 6) is 1.15. The molecule has 0 heterocycles. The molecule has 0 amide bonds. The highest BCUT2D eigenvalue weighted by atomic mass is 16.6. The Kier molecular flexibility index (Phi) is 36.3. The van der Waals surface area contributed by atoms with Gasteiger partial charge in [-0.15, -0.1) is 0 Å². The molecular weight excluding hydrogens is 596 g/mol. The average molecular weight is 681 g/mol. The van der Waals surface area contributed by atoms with Gasteiger partial charge in [-0.2, -0.15) is 0 Å². The topological polar surface area (TPSA) is 72.8 Å². The zero-order valence-corrected chi connectivity index (χ0v) is 32.9. The first-order valence-corrected chi connectivity index (χ1v) is 21.3. The summed E-state index contributed by atoms with van der Waals surface area (Å²) in [5.41, 5.74) is 0. The molecule has 1 N–H and O–H groups in total. The summed E-state index contributed by atoms with van der Waals surface area (Å²) in [4.78, 5) is 24.0. The Hall–Kier alpha value is -1.10. The van der Waals surface area contributed by atoms with Gasteiger partial charge in [-0.1, -0.05) is 207 Å². The number of esters is 2. The van der Waals surface area contributed by atoms with Crippen molar-refractivity contribution in [1.29, 1.82) is 0 Å². The van der Waals surface area contributed by atoms with Crippen molar-refractivity contribution in [3.05, 3.63) is 0 Å². The average Bonchev–Trinajstić information content (AvgIpc) is 3.05. The lowest BCUT2D eigenvalue weighted by molar-refractivity contribution is -0.152.